The third kappa shape index (κ3) is 5.31. The van der Waals surface area contributed by atoms with Crippen LogP contribution in [0.2, 0.25) is 0 Å². The number of nitrogens with one attached hydrogen (secondary N) is 1. The summed E-state index contributed by atoms with van der Waals surface area (Å²) in [6, 6.07) is 5.49. The number of rotatable bonds is 7. The third-order valence-corrected chi connectivity index (χ3v) is 6.43. The Kier molecular flexibility index (Phi) is 7.05. The van der Waals surface area contributed by atoms with Gasteiger partial charge < -0.3 is 4.98 Å². The van der Waals surface area contributed by atoms with E-state index < -0.39 is 0 Å². The average Bonchev–Trinajstić information content (AvgIpc) is 2.69. The lowest BCUT2D eigenvalue weighted by molar-refractivity contribution is 0.102. The summed E-state index contributed by atoms with van der Waals surface area (Å²) in [7, 11) is 0. The highest BCUT2D eigenvalue weighted by molar-refractivity contribution is 7.99. The van der Waals surface area contributed by atoms with Crippen LogP contribution in [0.5, 0.6) is 0 Å². The predicted molar refractivity (Wildman–Crippen MR) is 111 cm³/mol. The molecule has 28 heavy (non-hydrogen) atoms. The predicted octanol–water partition coefficient (Wildman–Crippen LogP) is 5.27. The zero-order chi connectivity index (χ0) is 20.1. The number of aromatic amines is 1. The fourth-order valence-corrected chi connectivity index (χ4v) is 4.73. The summed E-state index contributed by atoms with van der Waals surface area (Å²) in [5.41, 5.74) is 1.81. The van der Waals surface area contributed by atoms with Gasteiger partial charge in [-0.2, -0.15) is 0 Å². The first-order chi connectivity index (χ1) is 13.4. The van der Waals surface area contributed by atoms with E-state index in [1.54, 1.807) is 0 Å². The van der Waals surface area contributed by atoms with Gasteiger partial charge in [0.1, 0.15) is 5.82 Å². The van der Waals surface area contributed by atoms with E-state index >= 15 is 0 Å². The second-order valence-electron chi connectivity index (χ2n) is 7.74. The molecule has 1 aromatic carbocycles. The second-order valence-corrected chi connectivity index (χ2v) is 8.70. The number of ketones is 1. The van der Waals surface area contributed by atoms with E-state index in [2.05, 4.69) is 16.9 Å². The van der Waals surface area contributed by atoms with E-state index in [-0.39, 0.29) is 28.8 Å². The summed E-state index contributed by atoms with van der Waals surface area (Å²) >= 11 is 1.22. The first-order valence-corrected chi connectivity index (χ1v) is 10.9. The van der Waals surface area contributed by atoms with Crippen molar-refractivity contribution in [1.29, 1.82) is 0 Å². The Labute approximate surface area is 169 Å². The van der Waals surface area contributed by atoms with Crippen LogP contribution in [0, 0.1) is 18.7 Å². The Morgan fingerprint density at radius 3 is 2.61 bits per heavy atom. The maximum Gasteiger partial charge on any atom is 0.254 e. The lowest BCUT2D eigenvalue weighted by Crippen LogP contribution is -2.19. The van der Waals surface area contributed by atoms with Gasteiger partial charge in [-0.15, -0.1) is 0 Å². The van der Waals surface area contributed by atoms with Gasteiger partial charge in [-0.25, -0.2) is 9.37 Å². The molecule has 4 nitrogen and oxygen atoms in total. The summed E-state index contributed by atoms with van der Waals surface area (Å²) in [6.45, 7) is 3.96. The van der Waals surface area contributed by atoms with Gasteiger partial charge in [0.15, 0.2) is 10.9 Å². The smallest absolute Gasteiger partial charge is 0.254 e. The first-order valence-electron chi connectivity index (χ1n) is 9.96. The van der Waals surface area contributed by atoms with Crippen LogP contribution in [0.4, 0.5) is 4.39 Å². The minimum Gasteiger partial charge on any atom is -0.301 e. The molecule has 1 unspecified atom stereocenters. The SMILES string of the molecule is Cc1c(C(C)CC2CCCCC2)nc(SCC(=O)c2ccc(F)cc2)[nH]c1=O. The molecule has 1 saturated carbocycles. The number of benzene rings is 1. The molecule has 1 heterocycles. The Morgan fingerprint density at radius 2 is 1.93 bits per heavy atom. The number of thioether (sulfide) groups is 1. The Balaban J connectivity index is 1.69. The van der Waals surface area contributed by atoms with Crippen LogP contribution in [-0.4, -0.2) is 21.5 Å². The van der Waals surface area contributed by atoms with Gasteiger partial charge >= 0.3 is 0 Å². The van der Waals surface area contributed by atoms with Crippen molar-refractivity contribution in [2.24, 2.45) is 5.92 Å². The summed E-state index contributed by atoms with van der Waals surface area (Å²) in [6.07, 6.45) is 7.50. The zero-order valence-electron chi connectivity index (χ0n) is 16.5. The summed E-state index contributed by atoms with van der Waals surface area (Å²) in [5, 5.41) is 0.469. The molecule has 150 valence electrons. The molecule has 1 atom stereocenters. The molecule has 1 fully saturated rings. The van der Waals surface area contributed by atoms with Crippen LogP contribution < -0.4 is 5.56 Å². The van der Waals surface area contributed by atoms with Crippen LogP contribution in [0.1, 0.15) is 73.0 Å². The quantitative estimate of drug-likeness (QED) is 0.389. The molecule has 0 saturated heterocycles. The second kappa shape index (κ2) is 9.50. The molecule has 6 heteroatoms. The van der Waals surface area contributed by atoms with Crippen molar-refractivity contribution in [3.05, 3.63) is 57.3 Å². The number of Topliss-reactive ketones (excluding diaryl/α,β-unsaturated/α-hetero) is 1. The Morgan fingerprint density at radius 1 is 1.25 bits per heavy atom. The molecule has 1 aliphatic carbocycles. The molecule has 2 aromatic rings. The molecule has 0 radical (unpaired) electrons. The van der Waals surface area contributed by atoms with E-state index in [1.807, 2.05) is 6.92 Å². The topological polar surface area (TPSA) is 62.8 Å². The van der Waals surface area contributed by atoms with E-state index in [9.17, 15) is 14.0 Å². The number of carbonyl (C=O) groups excluding carboxylic acids is 1. The zero-order valence-corrected chi connectivity index (χ0v) is 17.3. The standard InChI is InChI=1S/C22H27FN2O2S/c1-14(12-16-6-4-3-5-7-16)20-15(2)21(27)25-22(24-20)28-13-19(26)17-8-10-18(23)11-9-17/h8-11,14,16H,3-7,12-13H2,1-2H3,(H,24,25,27). The molecule has 0 aliphatic heterocycles. The highest BCUT2D eigenvalue weighted by atomic mass is 32.2. The average molecular weight is 403 g/mol. The third-order valence-electron chi connectivity index (χ3n) is 5.55. The monoisotopic (exact) mass is 402 g/mol. The van der Waals surface area contributed by atoms with E-state index in [1.165, 1.54) is 68.1 Å². The van der Waals surface area contributed by atoms with E-state index in [0.29, 0.717) is 22.2 Å². The maximum atomic E-state index is 13.0. The van der Waals surface area contributed by atoms with Gasteiger partial charge in [-0.3, -0.25) is 9.59 Å². The minimum atomic E-state index is -0.370. The van der Waals surface area contributed by atoms with Crippen molar-refractivity contribution in [2.45, 2.75) is 63.4 Å². The number of carbonyl (C=O) groups is 1. The number of H-pyrrole nitrogens is 1. The number of hydrogen-bond donors (Lipinski definition) is 1. The first kappa shape index (κ1) is 20.8. The van der Waals surface area contributed by atoms with Crippen molar-refractivity contribution in [3.63, 3.8) is 0 Å². The number of nitrogens with zero attached hydrogens (tertiary/aromatic N) is 1. The molecular formula is C22H27FN2O2S. The highest BCUT2D eigenvalue weighted by Crippen LogP contribution is 2.33. The molecule has 3 rings (SSSR count). The molecule has 0 amide bonds. The Hall–Kier alpha value is -1.95. The fourth-order valence-electron chi connectivity index (χ4n) is 3.96. The Bertz CT molecular complexity index is 873. The van der Waals surface area contributed by atoms with Gasteiger partial charge in [0, 0.05) is 11.1 Å². The normalized spacial score (nSPS) is 16.1. The van der Waals surface area contributed by atoms with Gasteiger partial charge in [0.2, 0.25) is 0 Å². The summed E-state index contributed by atoms with van der Waals surface area (Å²) < 4.78 is 13.0. The summed E-state index contributed by atoms with van der Waals surface area (Å²) in [5.74, 6) is 0.585. The molecule has 0 spiro atoms. The van der Waals surface area contributed by atoms with Crippen molar-refractivity contribution >= 4 is 17.5 Å². The summed E-state index contributed by atoms with van der Waals surface area (Å²) in [4.78, 5) is 32.1. The number of aromatic nitrogens is 2. The fraction of sp³-hybridized carbons (Fsp3) is 0.500. The number of halogens is 1. The molecule has 0 bridgehead atoms. The molecular weight excluding hydrogens is 375 g/mol. The van der Waals surface area contributed by atoms with Crippen LogP contribution in [-0.2, 0) is 0 Å². The minimum absolute atomic E-state index is 0.120. The molecule has 1 N–H and O–H groups in total. The van der Waals surface area contributed by atoms with Crippen molar-refractivity contribution in [2.75, 3.05) is 5.75 Å². The van der Waals surface area contributed by atoms with Gasteiger partial charge in [0.05, 0.1) is 11.4 Å². The van der Waals surface area contributed by atoms with Crippen LogP contribution in [0.15, 0.2) is 34.2 Å². The van der Waals surface area contributed by atoms with Gasteiger partial charge in [-0.1, -0.05) is 50.8 Å². The van der Waals surface area contributed by atoms with Crippen molar-refractivity contribution in [3.8, 4) is 0 Å². The van der Waals surface area contributed by atoms with Gasteiger partial charge in [-0.05, 0) is 49.4 Å². The van der Waals surface area contributed by atoms with Crippen LogP contribution in [0.3, 0.4) is 0 Å². The lowest BCUT2D eigenvalue weighted by Gasteiger charge is -2.25. The number of hydrogen-bond acceptors (Lipinski definition) is 4. The van der Waals surface area contributed by atoms with Crippen molar-refractivity contribution < 1.29 is 9.18 Å². The van der Waals surface area contributed by atoms with E-state index in [4.69, 9.17) is 0 Å². The van der Waals surface area contributed by atoms with Crippen molar-refractivity contribution in [1.82, 2.24) is 9.97 Å². The van der Waals surface area contributed by atoms with Gasteiger partial charge in [0.25, 0.3) is 5.56 Å². The largest absolute Gasteiger partial charge is 0.301 e. The van der Waals surface area contributed by atoms with Crippen LogP contribution in [0.25, 0.3) is 0 Å². The highest BCUT2D eigenvalue weighted by Gasteiger charge is 2.21. The molecule has 1 aromatic heterocycles. The maximum absolute atomic E-state index is 13.0. The molecule has 1 aliphatic rings. The lowest BCUT2D eigenvalue weighted by atomic mass is 9.82. The van der Waals surface area contributed by atoms with E-state index in [0.717, 1.165) is 12.1 Å². The van der Waals surface area contributed by atoms with Crippen LogP contribution >= 0.6 is 11.8 Å².